The summed E-state index contributed by atoms with van der Waals surface area (Å²) in [4.78, 5) is 24.8. The minimum atomic E-state index is -0.985. The van der Waals surface area contributed by atoms with Gasteiger partial charge in [0.15, 0.2) is 0 Å². The van der Waals surface area contributed by atoms with Crippen molar-refractivity contribution in [1.29, 1.82) is 0 Å². The fourth-order valence-corrected chi connectivity index (χ4v) is 2.50. The quantitative estimate of drug-likeness (QED) is 0.891. The Hall–Kier alpha value is -1.91. The average Bonchev–Trinajstić information content (AvgIpc) is 2.83. The monoisotopic (exact) mass is 265 g/mol. The molecule has 1 aromatic rings. The number of carbonyl (C=O) groups excluding carboxylic acids is 1. The molecule has 1 saturated heterocycles. The van der Waals surface area contributed by atoms with Crippen molar-refractivity contribution < 1.29 is 19.1 Å². The Morgan fingerprint density at radius 3 is 2.42 bits per heavy atom. The van der Waals surface area contributed by atoms with Crippen LogP contribution in [0.3, 0.4) is 0 Å². The predicted molar refractivity (Wildman–Crippen MR) is 67.6 cm³/mol. The maximum absolute atomic E-state index is 13.5. The molecule has 1 aliphatic rings. The molecule has 0 unspecified atom stereocenters. The lowest BCUT2D eigenvalue weighted by molar-refractivity contribution is -0.141. The zero-order valence-electron chi connectivity index (χ0n) is 10.9. The number of carbonyl (C=O) groups is 2. The molecule has 1 atom stereocenters. The maximum Gasteiger partial charge on any atom is 0.326 e. The molecular formula is C14H16FNO3. The van der Waals surface area contributed by atoms with Crippen LogP contribution >= 0.6 is 0 Å². The molecule has 1 aliphatic heterocycles. The van der Waals surface area contributed by atoms with E-state index in [0.29, 0.717) is 36.1 Å². The molecule has 1 N–H and O–H groups in total. The van der Waals surface area contributed by atoms with Crippen LogP contribution in [-0.2, 0) is 4.79 Å². The van der Waals surface area contributed by atoms with Crippen LogP contribution in [0.2, 0.25) is 0 Å². The lowest BCUT2D eigenvalue weighted by Crippen LogP contribution is -2.40. The van der Waals surface area contributed by atoms with Crippen LogP contribution in [0.1, 0.15) is 34.3 Å². The van der Waals surface area contributed by atoms with E-state index in [4.69, 9.17) is 5.11 Å². The van der Waals surface area contributed by atoms with Gasteiger partial charge in [0.2, 0.25) is 0 Å². The summed E-state index contributed by atoms with van der Waals surface area (Å²) < 4.78 is 13.5. The van der Waals surface area contributed by atoms with Gasteiger partial charge >= 0.3 is 5.97 Å². The van der Waals surface area contributed by atoms with Gasteiger partial charge < -0.3 is 10.0 Å². The molecule has 5 heteroatoms. The third-order valence-electron chi connectivity index (χ3n) is 3.48. The number of nitrogens with zero attached hydrogens (tertiary/aromatic N) is 1. The third-order valence-corrected chi connectivity index (χ3v) is 3.48. The van der Waals surface area contributed by atoms with E-state index in [2.05, 4.69) is 0 Å². The van der Waals surface area contributed by atoms with Crippen molar-refractivity contribution in [2.45, 2.75) is 32.7 Å². The van der Waals surface area contributed by atoms with E-state index in [-0.39, 0.29) is 11.7 Å². The zero-order chi connectivity index (χ0) is 14.2. The molecule has 0 aliphatic carbocycles. The Kier molecular flexibility index (Phi) is 3.55. The Bertz CT molecular complexity index is 518. The first-order valence-corrected chi connectivity index (χ1v) is 6.22. The highest BCUT2D eigenvalue weighted by Gasteiger charge is 2.34. The van der Waals surface area contributed by atoms with Gasteiger partial charge in [-0.25, -0.2) is 9.18 Å². The Morgan fingerprint density at radius 1 is 1.32 bits per heavy atom. The van der Waals surface area contributed by atoms with Crippen LogP contribution in [-0.4, -0.2) is 34.5 Å². The van der Waals surface area contributed by atoms with Crippen molar-refractivity contribution in [2.24, 2.45) is 0 Å². The fourth-order valence-electron chi connectivity index (χ4n) is 2.50. The Labute approximate surface area is 110 Å². The SMILES string of the molecule is Cc1cc(C(=O)N2CCC[C@H]2C(=O)O)cc(C)c1F. The molecular weight excluding hydrogens is 249 g/mol. The van der Waals surface area contributed by atoms with Gasteiger partial charge in [-0.05, 0) is 49.9 Å². The van der Waals surface area contributed by atoms with Crippen LogP contribution in [0.4, 0.5) is 4.39 Å². The minimum absolute atomic E-state index is 0.326. The molecule has 102 valence electrons. The number of carboxylic acids is 1. The van der Waals surface area contributed by atoms with Gasteiger partial charge in [0.25, 0.3) is 5.91 Å². The molecule has 19 heavy (non-hydrogen) atoms. The van der Waals surface area contributed by atoms with E-state index >= 15 is 0 Å². The summed E-state index contributed by atoms with van der Waals surface area (Å²) in [5.74, 6) is -1.65. The number of hydrogen-bond donors (Lipinski definition) is 1. The molecule has 4 nitrogen and oxygen atoms in total. The molecule has 1 amide bonds. The predicted octanol–water partition coefficient (Wildman–Crippen LogP) is 2.13. The second-order valence-electron chi connectivity index (χ2n) is 4.92. The van der Waals surface area contributed by atoms with Crippen molar-refractivity contribution in [3.63, 3.8) is 0 Å². The van der Waals surface area contributed by atoms with Crippen molar-refractivity contribution in [3.8, 4) is 0 Å². The number of halogens is 1. The number of amides is 1. The summed E-state index contributed by atoms with van der Waals surface area (Å²) in [6.07, 6.45) is 1.15. The molecule has 1 aromatic carbocycles. The minimum Gasteiger partial charge on any atom is -0.480 e. The normalized spacial score (nSPS) is 18.7. The molecule has 0 aromatic heterocycles. The summed E-state index contributed by atoms with van der Waals surface area (Å²) >= 11 is 0. The lowest BCUT2D eigenvalue weighted by atomic mass is 10.1. The van der Waals surface area contributed by atoms with Gasteiger partial charge in [0, 0.05) is 12.1 Å². The number of hydrogen-bond acceptors (Lipinski definition) is 2. The Balaban J connectivity index is 2.32. The molecule has 0 spiro atoms. The topological polar surface area (TPSA) is 57.6 Å². The number of benzene rings is 1. The number of aryl methyl sites for hydroxylation is 2. The van der Waals surface area contributed by atoms with Crippen molar-refractivity contribution in [1.82, 2.24) is 4.90 Å². The Morgan fingerprint density at radius 2 is 1.89 bits per heavy atom. The van der Waals surface area contributed by atoms with Crippen LogP contribution in [0.15, 0.2) is 12.1 Å². The van der Waals surface area contributed by atoms with E-state index in [1.807, 2.05) is 0 Å². The largest absolute Gasteiger partial charge is 0.480 e. The highest BCUT2D eigenvalue weighted by Crippen LogP contribution is 2.22. The van der Waals surface area contributed by atoms with Crippen LogP contribution in [0.25, 0.3) is 0 Å². The first-order chi connectivity index (χ1) is 8.91. The van der Waals surface area contributed by atoms with Crippen LogP contribution in [0, 0.1) is 19.7 Å². The van der Waals surface area contributed by atoms with E-state index < -0.39 is 12.0 Å². The standard InChI is InChI=1S/C14H16FNO3/c1-8-6-10(7-9(2)12(8)15)13(17)16-5-3-4-11(16)14(18)19/h6-7,11H,3-5H2,1-2H3,(H,18,19)/t11-/m0/s1. The summed E-state index contributed by atoms with van der Waals surface area (Å²) in [6, 6.07) is 2.18. The van der Waals surface area contributed by atoms with Crippen LogP contribution in [0.5, 0.6) is 0 Å². The first-order valence-electron chi connectivity index (χ1n) is 6.22. The molecule has 0 radical (unpaired) electrons. The first kappa shape index (κ1) is 13.5. The van der Waals surface area contributed by atoms with Crippen molar-refractivity contribution >= 4 is 11.9 Å². The van der Waals surface area contributed by atoms with Gasteiger partial charge in [-0.3, -0.25) is 4.79 Å². The van der Waals surface area contributed by atoms with Crippen molar-refractivity contribution in [2.75, 3.05) is 6.54 Å². The zero-order valence-corrected chi connectivity index (χ0v) is 10.9. The maximum atomic E-state index is 13.5. The highest BCUT2D eigenvalue weighted by molar-refractivity contribution is 5.97. The molecule has 1 fully saturated rings. The average molecular weight is 265 g/mol. The molecule has 2 rings (SSSR count). The summed E-state index contributed by atoms with van der Waals surface area (Å²) in [6.45, 7) is 3.63. The van der Waals surface area contributed by atoms with E-state index in [9.17, 15) is 14.0 Å². The van der Waals surface area contributed by atoms with Gasteiger partial charge in [-0.2, -0.15) is 0 Å². The van der Waals surface area contributed by atoms with Crippen molar-refractivity contribution in [3.05, 3.63) is 34.6 Å². The fraction of sp³-hybridized carbons (Fsp3) is 0.429. The molecule has 0 saturated carbocycles. The summed E-state index contributed by atoms with van der Waals surface area (Å²) in [5.41, 5.74) is 1.15. The number of aliphatic carboxylic acids is 1. The van der Waals surface area contributed by atoms with Gasteiger partial charge in [-0.1, -0.05) is 0 Å². The summed E-state index contributed by atoms with van der Waals surface area (Å²) in [5, 5.41) is 9.08. The number of likely N-dealkylation sites (tertiary alicyclic amines) is 1. The number of rotatable bonds is 2. The van der Waals surface area contributed by atoms with E-state index in [0.717, 1.165) is 0 Å². The molecule has 1 heterocycles. The number of carboxylic acid groups (broad SMARTS) is 1. The molecule has 0 bridgehead atoms. The summed E-state index contributed by atoms with van der Waals surface area (Å²) in [7, 11) is 0. The smallest absolute Gasteiger partial charge is 0.326 e. The van der Waals surface area contributed by atoms with Crippen LogP contribution < -0.4 is 0 Å². The van der Waals surface area contributed by atoms with Gasteiger partial charge in [-0.15, -0.1) is 0 Å². The second-order valence-corrected chi connectivity index (χ2v) is 4.92. The highest BCUT2D eigenvalue weighted by atomic mass is 19.1. The van der Waals surface area contributed by atoms with Gasteiger partial charge in [0.1, 0.15) is 11.9 Å². The third kappa shape index (κ3) is 2.45. The van der Waals surface area contributed by atoms with E-state index in [1.54, 1.807) is 13.8 Å². The van der Waals surface area contributed by atoms with Gasteiger partial charge in [0.05, 0.1) is 0 Å². The lowest BCUT2D eigenvalue weighted by Gasteiger charge is -2.22. The van der Waals surface area contributed by atoms with E-state index in [1.165, 1.54) is 17.0 Å². The second kappa shape index (κ2) is 4.99.